The normalized spacial score (nSPS) is 28.3. The fourth-order valence-electron chi connectivity index (χ4n) is 12.5. The third-order valence-electron chi connectivity index (χ3n) is 18.2. The van der Waals surface area contributed by atoms with Crippen LogP contribution in [0.2, 0.25) is 0 Å². The Morgan fingerprint density at radius 1 is 0.565 bits per heavy atom. The lowest BCUT2D eigenvalue weighted by molar-refractivity contribution is -0.386. The van der Waals surface area contributed by atoms with E-state index in [0.29, 0.717) is 19.3 Å². The van der Waals surface area contributed by atoms with E-state index < -0.39 is 148 Å². The molecule has 538 valence electrons. The van der Waals surface area contributed by atoms with E-state index in [2.05, 4.69) is 48.8 Å². The summed E-state index contributed by atoms with van der Waals surface area (Å²) >= 11 is 0. The topological polar surface area (TPSA) is 373 Å². The summed E-state index contributed by atoms with van der Waals surface area (Å²) in [7, 11) is 0. The molecule has 0 saturated carbocycles. The molecule has 0 bridgehead atoms. The van der Waals surface area contributed by atoms with Crippen molar-refractivity contribution in [2.45, 2.75) is 368 Å². The van der Waals surface area contributed by atoms with Gasteiger partial charge in [-0.25, -0.2) is 4.79 Å². The number of ether oxygens (including phenoxy) is 6. The standard InChI is InChI=1S/C69H126N2O21/c1-4-6-8-10-12-14-15-16-17-18-19-20-21-22-23-24-25-26-27-28-29-30-31-32-33-35-37-39-41-43-56(79)71-50(51(76)42-40-38-36-34-13-11-9-7-5-2)48-87-66-61(83)60(82)63(55(47-74)89-66)90-67-62(84)65(59(81)54(46-73)88-67)92-69(68(85)86)44-52(77)57(70-49(3)75)64(91-69)58(80)53(78)45-72/h19-20,22-23,50-55,57-67,72-74,76-78,80-84H,4-18,21,24-48H2,1-3H3,(H,70,75)(H,71,79)(H,85,86)/b20-19-,23-22-. The number of rotatable bonds is 54. The van der Waals surface area contributed by atoms with Gasteiger partial charge in [-0.15, -0.1) is 0 Å². The smallest absolute Gasteiger partial charge is 0.364 e. The van der Waals surface area contributed by atoms with E-state index >= 15 is 0 Å². The molecule has 0 aromatic heterocycles. The van der Waals surface area contributed by atoms with Crippen LogP contribution in [0.4, 0.5) is 0 Å². The van der Waals surface area contributed by atoms with Gasteiger partial charge in [-0.1, -0.05) is 218 Å². The van der Waals surface area contributed by atoms with Gasteiger partial charge in [-0.05, 0) is 44.9 Å². The lowest BCUT2D eigenvalue weighted by Gasteiger charge is -2.50. The van der Waals surface area contributed by atoms with Crippen molar-refractivity contribution in [2.24, 2.45) is 0 Å². The van der Waals surface area contributed by atoms with Crippen LogP contribution in [0.1, 0.15) is 258 Å². The van der Waals surface area contributed by atoms with Crippen molar-refractivity contribution in [1.29, 1.82) is 0 Å². The predicted octanol–water partition coefficient (Wildman–Crippen LogP) is 6.84. The molecule has 92 heavy (non-hydrogen) atoms. The molecule has 0 aromatic rings. The van der Waals surface area contributed by atoms with E-state index in [0.717, 1.165) is 71.1 Å². The molecule has 3 saturated heterocycles. The number of amides is 2. The van der Waals surface area contributed by atoms with Gasteiger partial charge in [0.2, 0.25) is 11.8 Å². The van der Waals surface area contributed by atoms with Crippen molar-refractivity contribution in [3.63, 3.8) is 0 Å². The van der Waals surface area contributed by atoms with E-state index in [-0.39, 0.29) is 18.9 Å². The molecule has 23 heteroatoms. The van der Waals surface area contributed by atoms with Crippen LogP contribution in [0.5, 0.6) is 0 Å². The predicted molar refractivity (Wildman–Crippen MR) is 348 cm³/mol. The Morgan fingerprint density at radius 2 is 1.04 bits per heavy atom. The molecule has 3 heterocycles. The molecule has 23 nitrogen and oxygen atoms in total. The van der Waals surface area contributed by atoms with Gasteiger partial charge in [0.25, 0.3) is 5.79 Å². The minimum absolute atomic E-state index is 0.222. The van der Waals surface area contributed by atoms with Gasteiger partial charge in [0.05, 0.1) is 50.7 Å². The van der Waals surface area contributed by atoms with Crippen molar-refractivity contribution in [3.8, 4) is 0 Å². The average molecular weight is 1320 g/mol. The molecule has 18 unspecified atom stereocenters. The molecule has 3 fully saturated rings. The van der Waals surface area contributed by atoms with Crippen molar-refractivity contribution < 1.29 is 104 Å². The second kappa shape index (κ2) is 49.7. The second-order valence-corrected chi connectivity index (χ2v) is 26.1. The van der Waals surface area contributed by atoms with Crippen molar-refractivity contribution in [2.75, 3.05) is 26.4 Å². The summed E-state index contributed by atoms with van der Waals surface area (Å²) < 4.78 is 34.8. The van der Waals surface area contributed by atoms with Crippen LogP contribution in [0.25, 0.3) is 0 Å². The highest BCUT2D eigenvalue weighted by atomic mass is 16.8. The van der Waals surface area contributed by atoms with Crippen molar-refractivity contribution in [3.05, 3.63) is 24.3 Å². The van der Waals surface area contributed by atoms with Crippen molar-refractivity contribution in [1.82, 2.24) is 10.6 Å². The Kier molecular flexibility index (Phi) is 45.1. The SMILES string of the molecule is CCCCCCCCCCC/C=C\C/C=C\CCCCCCCCCCCCCCCC(=O)NC(COC1OC(CO)C(OC2OC(CO)C(O)C(OC3(C(=O)O)CC(O)C(NC(C)=O)C(C(O)C(O)CO)O3)C2O)C(O)C1O)C(O)CCCCCCCCCCC. The lowest BCUT2D eigenvalue weighted by atomic mass is 9.88. The summed E-state index contributed by atoms with van der Waals surface area (Å²) in [5.41, 5.74) is 0. The molecule has 3 rings (SSSR count). The maximum absolute atomic E-state index is 13.4. The molecule has 3 aliphatic heterocycles. The molecule has 0 aromatic carbocycles. The summed E-state index contributed by atoms with van der Waals surface area (Å²) in [6.07, 6.45) is 20.8. The van der Waals surface area contributed by atoms with Crippen molar-refractivity contribution >= 4 is 17.8 Å². The van der Waals surface area contributed by atoms with E-state index in [1.807, 2.05) is 0 Å². The number of aliphatic carboxylic acids is 1. The highest BCUT2D eigenvalue weighted by Crippen LogP contribution is 2.39. The zero-order chi connectivity index (χ0) is 67.5. The van der Waals surface area contributed by atoms with E-state index in [1.165, 1.54) is 141 Å². The first kappa shape index (κ1) is 83.4. The fourth-order valence-corrected chi connectivity index (χ4v) is 12.5. The Bertz CT molecular complexity index is 1960. The molecule has 2 amide bonds. The van der Waals surface area contributed by atoms with Gasteiger partial charge in [-0.3, -0.25) is 9.59 Å². The van der Waals surface area contributed by atoms with Gasteiger partial charge >= 0.3 is 5.97 Å². The molecular formula is C69H126N2O21. The van der Waals surface area contributed by atoms with Crippen LogP contribution < -0.4 is 10.6 Å². The van der Waals surface area contributed by atoms with Gasteiger partial charge in [0, 0.05) is 19.8 Å². The quantitative estimate of drug-likeness (QED) is 0.0219. The van der Waals surface area contributed by atoms with Gasteiger partial charge < -0.3 is 100 Å². The zero-order valence-corrected chi connectivity index (χ0v) is 56.2. The Balaban J connectivity index is 1.48. The van der Waals surface area contributed by atoms with Gasteiger partial charge in [0.15, 0.2) is 12.6 Å². The highest BCUT2D eigenvalue weighted by Gasteiger charge is 2.60. The second-order valence-electron chi connectivity index (χ2n) is 26.1. The Morgan fingerprint density at radius 3 is 1.52 bits per heavy atom. The highest BCUT2D eigenvalue weighted by molar-refractivity contribution is 5.77. The van der Waals surface area contributed by atoms with Crippen LogP contribution >= 0.6 is 0 Å². The molecule has 3 aliphatic rings. The first-order valence-electron chi connectivity index (χ1n) is 35.7. The number of nitrogens with one attached hydrogen (secondary N) is 2. The van der Waals surface area contributed by atoms with Gasteiger partial charge in [-0.2, -0.15) is 0 Å². The van der Waals surface area contributed by atoms with E-state index in [1.54, 1.807) is 0 Å². The zero-order valence-electron chi connectivity index (χ0n) is 56.2. The lowest BCUT2D eigenvalue weighted by Crippen LogP contribution is -2.70. The number of carboxylic acid groups (broad SMARTS) is 1. The maximum atomic E-state index is 13.4. The minimum atomic E-state index is -3.08. The number of aliphatic hydroxyl groups excluding tert-OH is 11. The molecule has 18 atom stereocenters. The number of aliphatic hydroxyl groups is 11. The van der Waals surface area contributed by atoms with Crippen LogP contribution in [-0.2, 0) is 42.8 Å². The Labute approximate surface area is 549 Å². The molecule has 0 aliphatic carbocycles. The summed E-state index contributed by atoms with van der Waals surface area (Å²) in [5.74, 6) is -6.10. The maximum Gasteiger partial charge on any atom is 0.364 e. The molecule has 0 radical (unpaired) electrons. The third-order valence-corrected chi connectivity index (χ3v) is 18.2. The number of carbonyl (C=O) groups is 3. The molecular weight excluding hydrogens is 1190 g/mol. The Hall–Kier alpha value is -2.79. The summed E-state index contributed by atoms with van der Waals surface area (Å²) in [5, 5.41) is 136. The largest absolute Gasteiger partial charge is 0.477 e. The number of carbonyl (C=O) groups excluding carboxylic acids is 2. The number of hydrogen-bond donors (Lipinski definition) is 14. The third kappa shape index (κ3) is 31.6. The van der Waals surface area contributed by atoms with Crippen LogP contribution in [0.3, 0.4) is 0 Å². The number of unbranched alkanes of at least 4 members (excludes halogenated alkanes) is 30. The van der Waals surface area contributed by atoms with Crippen LogP contribution in [-0.4, -0.2) is 215 Å². The summed E-state index contributed by atoms with van der Waals surface area (Å²) in [6, 6.07) is -2.53. The summed E-state index contributed by atoms with van der Waals surface area (Å²) in [4.78, 5) is 38.5. The average Bonchev–Trinajstić information content (AvgIpc) is 0.794. The van der Waals surface area contributed by atoms with E-state index in [9.17, 15) is 75.7 Å². The monoisotopic (exact) mass is 1320 g/mol. The van der Waals surface area contributed by atoms with Crippen LogP contribution in [0.15, 0.2) is 24.3 Å². The molecule has 0 spiro atoms. The minimum Gasteiger partial charge on any atom is -0.477 e. The number of carboxylic acids is 1. The van der Waals surface area contributed by atoms with Crippen LogP contribution in [0, 0.1) is 0 Å². The number of allylic oxidation sites excluding steroid dienone is 4. The molecule has 14 N–H and O–H groups in total. The van der Waals surface area contributed by atoms with Gasteiger partial charge in [0.1, 0.15) is 67.1 Å². The summed E-state index contributed by atoms with van der Waals surface area (Å²) in [6.45, 7) is 2.16. The first-order valence-corrected chi connectivity index (χ1v) is 35.7. The van der Waals surface area contributed by atoms with E-state index in [4.69, 9.17) is 28.4 Å². The number of hydrogen-bond acceptors (Lipinski definition) is 20. The first-order chi connectivity index (χ1) is 44.4. The fraction of sp³-hybridized carbons (Fsp3) is 0.899.